The molecule has 0 bridgehead atoms. The van der Waals surface area contributed by atoms with Gasteiger partial charge in [-0.25, -0.2) is 13.1 Å². The van der Waals surface area contributed by atoms with E-state index in [2.05, 4.69) is 20.2 Å². The first-order valence-corrected chi connectivity index (χ1v) is 8.44. The van der Waals surface area contributed by atoms with Gasteiger partial charge in [0.2, 0.25) is 15.2 Å². The molecule has 21 heavy (non-hydrogen) atoms. The third-order valence-electron chi connectivity index (χ3n) is 2.40. The highest BCUT2D eigenvalue weighted by atomic mass is 32.2. The number of anilines is 1. The molecule has 0 atom stereocenters. The highest BCUT2D eigenvalue weighted by molar-refractivity contribution is 7.89. The Morgan fingerprint density at radius 1 is 1.24 bits per heavy atom. The maximum absolute atomic E-state index is 12.0. The van der Waals surface area contributed by atoms with Crippen molar-refractivity contribution in [1.29, 1.82) is 0 Å². The molecule has 9 heteroatoms. The number of aromatic nitrogens is 2. The monoisotopic (exact) mass is 326 g/mol. The number of hydrogen-bond acceptors (Lipinski definition) is 6. The average molecular weight is 326 g/mol. The molecule has 0 radical (unpaired) electrons. The molecule has 0 aliphatic carbocycles. The van der Waals surface area contributed by atoms with Crippen molar-refractivity contribution >= 4 is 32.4 Å². The summed E-state index contributed by atoms with van der Waals surface area (Å²) < 4.78 is 26.4. The first kappa shape index (κ1) is 15.5. The lowest BCUT2D eigenvalue weighted by Gasteiger charge is -2.09. The molecule has 0 aliphatic rings. The standard InChI is InChI=1S/C12H14N4O3S2/c1-8(2)16-21(18,19)10-5-3-9(4-6-10)11(17)14-12-15-13-7-20-12/h3-8,16H,1-2H3,(H,14,15,17). The Morgan fingerprint density at radius 2 is 1.90 bits per heavy atom. The SMILES string of the molecule is CC(C)NS(=O)(=O)c1ccc(C(=O)Nc2nncs2)cc1. The molecule has 0 unspecified atom stereocenters. The van der Waals surface area contributed by atoms with Gasteiger partial charge < -0.3 is 0 Å². The quantitative estimate of drug-likeness (QED) is 0.866. The molecule has 0 spiro atoms. The van der Waals surface area contributed by atoms with Crippen molar-refractivity contribution < 1.29 is 13.2 Å². The van der Waals surface area contributed by atoms with Crippen molar-refractivity contribution in [3.05, 3.63) is 35.3 Å². The fraction of sp³-hybridized carbons (Fsp3) is 0.250. The lowest BCUT2D eigenvalue weighted by atomic mass is 10.2. The summed E-state index contributed by atoms with van der Waals surface area (Å²) >= 11 is 1.20. The summed E-state index contributed by atoms with van der Waals surface area (Å²) in [6.45, 7) is 3.48. The Hall–Kier alpha value is -1.84. The zero-order valence-corrected chi connectivity index (χ0v) is 13.0. The van der Waals surface area contributed by atoms with Gasteiger partial charge in [0.1, 0.15) is 5.51 Å². The smallest absolute Gasteiger partial charge is 0.257 e. The summed E-state index contributed by atoms with van der Waals surface area (Å²) in [5, 5.41) is 10.3. The number of benzene rings is 1. The van der Waals surface area contributed by atoms with E-state index >= 15 is 0 Å². The van der Waals surface area contributed by atoms with Crippen LogP contribution in [-0.2, 0) is 10.0 Å². The first-order chi connectivity index (χ1) is 9.88. The summed E-state index contributed by atoms with van der Waals surface area (Å²) in [6.07, 6.45) is 0. The van der Waals surface area contributed by atoms with Crippen LogP contribution in [-0.4, -0.2) is 30.6 Å². The molecule has 0 fully saturated rings. The van der Waals surface area contributed by atoms with E-state index in [1.807, 2.05) is 0 Å². The van der Waals surface area contributed by atoms with Crippen LogP contribution < -0.4 is 10.0 Å². The van der Waals surface area contributed by atoms with Gasteiger partial charge in [-0.15, -0.1) is 10.2 Å². The normalized spacial score (nSPS) is 11.6. The van der Waals surface area contributed by atoms with Gasteiger partial charge in [-0.1, -0.05) is 11.3 Å². The summed E-state index contributed by atoms with van der Waals surface area (Å²) in [6, 6.07) is 5.48. The number of sulfonamides is 1. The van der Waals surface area contributed by atoms with E-state index in [0.717, 1.165) is 0 Å². The second-order valence-electron chi connectivity index (χ2n) is 4.50. The minimum Gasteiger partial charge on any atom is -0.296 e. The highest BCUT2D eigenvalue weighted by Crippen LogP contribution is 2.14. The van der Waals surface area contributed by atoms with E-state index in [-0.39, 0.29) is 16.8 Å². The molecule has 1 heterocycles. The topological polar surface area (TPSA) is 101 Å². The summed E-state index contributed by atoms with van der Waals surface area (Å²) in [7, 11) is -3.55. The number of nitrogens with zero attached hydrogens (tertiary/aromatic N) is 2. The summed E-state index contributed by atoms with van der Waals surface area (Å²) in [4.78, 5) is 12.0. The van der Waals surface area contributed by atoms with Crippen LogP contribution in [0.15, 0.2) is 34.7 Å². The molecular weight excluding hydrogens is 312 g/mol. The Kier molecular flexibility index (Phi) is 4.66. The number of rotatable bonds is 5. The Bertz CT molecular complexity index is 709. The van der Waals surface area contributed by atoms with Gasteiger partial charge in [0, 0.05) is 11.6 Å². The number of hydrogen-bond donors (Lipinski definition) is 2. The van der Waals surface area contributed by atoms with Gasteiger partial charge >= 0.3 is 0 Å². The van der Waals surface area contributed by atoms with Crippen molar-refractivity contribution in [1.82, 2.24) is 14.9 Å². The molecule has 2 aromatic rings. The molecule has 0 saturated carbocycles. The largest absolute Gasteiger partial charge is 0.296 e. The third-order valence-corrected chi connectivity index (χ3v) is 4.68. The second kappa shape index (κ2) is 6.29. The summed E-state index contributed by atoms with van der Waals surface area (Å²) in [5.41, 5.74) is 1.84. The van der Waals surface area contributed by atoms with Gasteiger partial charge in [0.25, 0.3) is 5.91 Å². The molecular formula is C12H14N4O3S2. The van der Waals surface area contributed by atoms with Crippen molar-refractivity contribution in [2.24, 2.45) is 0 Å². The van der Waals surface area contributed by atoms with Gasteiger partial charge in [-0.2, -0.15) is 0 Å². The van der Waals surface area contributed by atoms with Gasteiger partial charge in [-0.3, -0.25) is 10.1 Å². The van der Waals surface area contributed by atoms with E-state index in [4.69, 9.17) is 0 Å². The van der Waals surface area contributed by atoms with Crippen LogP contribution in [0.4, 0.5) is 5.13 Å². The van der Waals surface area contributed by atoms with Crippen LogP contribution in [0, 0.1) is 0 Å². The van der Waals surface area contributed by atoms with E-state index in [0.29, 0.717) is 10.7 Å². The van der Waals surface area contributed by atoms with Crippen LogP contribution in [0.2, 0.25) is 0 Å². The van der Waals surface area contributed by atoms with Gasteiger partial charge in [-0.05, 0) is 38.1 Å². The molecule has 2 rings (SSSR count). The van der Waals surface area contributed by atoms with E-state index in [1.165, 1.54) is 41.1 Å². The predicted molar refractivity (Wildman–Crippen MR) is 79.8 cm³/mol. The third kappa shape index (κ3) is 4.06. The fourth-order valence-electron chi connectivity index (χ4n) is 1.56. The lowest BCUT2D eigenvalue weighted by Crippen LogP contribution is -2.30. The lowest BCUT2D eigenvalue weighted by molar-refractivity contribution is 0.102. The Balaban J connectivity index is 2.13. The van der Waals surface area contributed by atoms with E-state index in [9.17, 15) is 13.2 Å². The predicted octanol–water partition coefficient (Wildman–Crippen LogP) is 1.48. The van der Waals surface area contributed by atoms with E-state index in [1.54, 1.807) is 13.8 Å². The fourth-order valence-corrected chi connectivity index (χ4v) is 3.25. The number of amides is 1. The Morgan fingerprint density at radius 3 is 2.43 bits per heavy atom. The number of nitrogens with one attached hydrogen (secondary N) is 2. The van der Waals surface area contributed by atoms with Crippen LogP contribution in [0.3, 0.4) is 0 Å². The zero-order valence-electron chi connectivity index (χ0n) is 11.4. The second-order valence-corrected chi connectivity index (χ2v) is 7.05. The van der Waals surface area contributed by atoms with Gasteiger partial charge in [0.15, 0.2) is 0 Å². The molecule has 0 aliphatic heterocycles. The van der Waals surface area contributed by atoms with Crippen LogP contribution >= 0.6 is 11.3 Å². The maximum atomic E-state index is 12.0. The van der Waals surface area contributed by atoms with E-state index < -0.39 is 10.0 Å². The molecule has 7 nitrogen and oxygen atoms in total. The summed E-state index contributed by atoms with van der Waals surface area (Å²) in [5.74, 6) is -0.368. The number of carbonyl (C=O) groups is 1. The van der Waals surface area contributed by atoms with Crippen molar-refractivity contribution in [3.8, 4) is 0 Å². The molecule has 1 aromatic heterocycles. The molecule has 2 N–H and O–H groups in total. The van der Waals surface area contributed by atoms with Crippen molar-refractivity contribution in [2.45, 2.75) is 24.8 Å². The van der Waals surface area contributed by atoms with Gasteiger partial charge in [0.05, 0.1) is 4.90 Å². The van der Waals surface area contributed by atoms with Crippen LogP contribution in [0.25, 0.3) is 0 Å². The first-order valence-electron chi connectivity index (χ1n) is 6.08. The minimum absolute atomic E-state index is 0.115. The average Bonchev–Trinajstić information content (AvgIpc) is 2.90. The highest BCUT2D eigenvalue weighted by Gasteiger charge is 2.16. The molecule has 1 amide bonds. The Labute approximate surface area is 126 Å². The van der Waals surface area contributed by atoms with Crippen LogP contribution in [0.1, 0.15) is 24.2 Å². The minimum atomic E-state index is -3.55. The molecule has 112 valence electrons. The number of carbonyl (C=O) groups excluding carboxylic acids is 1. The van der Waals surface area contributed by atoms with Crippen LogP contribution in [0.5, 0.6) is 0 Å². The molecule has 1 aromatic carbocycles. The van der Waals surface area contributed by atoms with Crippen molar-refractivity contribution in [3.63, 3.8) is 0 Å². The maximum Gasteiger partial charge on any atom is 0.257 e. The zero-order chi connectivity index (χ0) is 15.5. The van der Waals surface area contributed by atoms with Crippen molar-refractivity contribution in [2.75, 3.05) is 5.32 Å². The molecule has 0 saturated heterocycles.